The molecule has 2 rings (SSSR count). The Hall–Kier alpha value is -3.64. The molecule has 0 radical (unpaired) electrons. The van der Waals surface area contributed by atoms with Gasteiger partial charge < -0.3 is 31.3 Å². The zero-order valence-corrected chi connectivity index (χ0v) is 25.5. The molecule has 0 saturated carbocycles. The maximum absolute atomic E-state index is 13.2. The Kier molecular flexibility index (Phi) is 13.9. The van der Waals surface area contributed by atoms with Gasteiger partial charge in [0.2, 0.25) is 5.91 Å². The van der Waals surface area contributed by atoms with Gasteiger partial charge in [0, 0.05) is 19.1 Å². The third-order valence-electron chi connectivity index (χ3n) is 6.72. The minimum atomic E-state index is -4.71. The fourth-order valence-corrected chi connectivity index (χ4v) is 4.42. The van der Waals surface area contributed by atoms with Crippen LogP contribution in [0.1, 0.15) is 72.1 Å². The first-order valence-corrected chi connectivity index (χ1v) is 14.4. The van der Waals surface area contributed by atoms with Crippen molar-refractivity contribution in [3.05, 3.63) is 64.2 Å². The van der Waals surface area contributed by atoms with Crippen molar-refractivity contribution in [2.24, 2.45) is 0 Å². The number of hydrogen-bond donors (Lipinski definition) is 5. The summed E-state index contributed by atoms with van der Waals surface area (Å²) in [6, 6.07) is 7.86. The average Bonchev–Trinajstić information content (AvgIpc) is 2.91. The lowest BCUT2D eigenvalue weighted by molar-refractivity contribution is -0.137. The van der Waals surface area contributed by atoms with Crippen LogP contribution in [0.4, 0.5) is 23.7 Å². The van der Waals surface area contributed by atoms with Gasteiger partial charge in [0.15, 0.2) is 0 Å². The largest absolute Gasteiger partial charge is 0.416 e. The van der Waals surface area contributed by atoms with Gasteiger partial charge in [-0.2, -0.15) is 13.2 Å². The maximum atomic E-state index is 13.2. The van der Waals surface area contributed by atoms with Gasteiger partial charge in [0.1, 0.15) is 0 Å². The van der Waals surface area contributed by atoms with Gasteiger partial charge >= 0.3 is 12.2 Å². The highest BCUT2D eigenvalue weighted by atomic mass is 19.4. The molecular formula is C31H44F3N5O4. The fraction of sp³-hybridized carbons (Fsp3) is 0.516. The summed E-state index contributed by atoms with van der Waals surface area (Å²) in [6.07, 6.45) is -2.32. The first kappa shape index (κ1) is 35.6. The first-order chi connectivity index (χ1) is 20.1. The Morgan fingerprint density at radius 3 is 2.35 bits per heavy atom. The lowest BCUT2D eigenvalue weighted by Gasteiger charge is -2.18. The Balaban J connectivity index is 1.74. The molecule has 2 aromatic carbocycles. The Labute approximate surface area is 251 Å². The molecule has 4 amide bonds. The molecule has 9 nitrogen and oxygen atoms in total. The molecule has 0 heterocycles. The highest BCUT2D eigenvalue weighted by Gasteiger charge is 2.32. The van der Waals surface area contributed by atoms with Crippen LogP contribution in [0, 0.1) is 13.8 Å². The number of nitrogens with zero attached hydrogens (tertiary/aromatic N) is 1. The second kappa shape index (κ2) is 16.9. The molecule has 0 saturated heterocycles. The zero-order chi connectivity index (χ0) is 32.2. The van der Waals surface area contributed by atoms with Crippen molar-refractivity contribution >= 4 is 23.5 Å². The second-order valence-electron chi connectivity index (χ2n) is 11.2. The summed E-state index contributed by atoms with van der Waals surface area (Å²) < 4.78 is 39.7. The number of anilines is 1. The fourth-order valence-electron chi connectivity index (χ4n) is 4.42. The van der Waals surface area contributed by atoms with Crippen molar-refractivity contribution in [2.45, 2.75) is 78.2 Å². The number of aliphatic hydroxyl groups excluding tert-OH is 1. The van der Waals surface area contributed by atoms with Crippen LogP contribution in [-0.2, 0) is 17.5 Å². The predicted octanol–water partition coefficient (Wildman–Crippen LogP) is 4.75. The van der Waals surface area contributed by atoms with Crippen molar-refractivity contribution in [1.82, 2.24) is 20.9 Å². The summed E-state index contributed by atoms with van der Waals surface area (Å²) in [5.41, 5.74) is 2.16. The highest BCUT2D eigenvalue weighted by molar-refractivity contribution is 6.04. The van der Waals surface area contributed by atoms with Crippen molar-refractivity contribution in [2.75, 3.05) is 32.0 Å². The van der Waals surface area contributed by atoms with Crippen molar-refractivity contribution in [1.29, 1.82) is 0 Å². The summed E-state index contributed by atoms with van der Waals surface area (Å²) in [5.74, 6) is -1.58. The molecule has 0 aromatic heterocycles. The molecule has 238 valence electrons. The third kappa shape index (κ3) is 13.0. The molecule has 1 unspecified atom stereocenters. The van der Waals surface area contributed by atoms with E-state index >= 15 is 0 Å². The topological polar surface area (TPSA) is 123 Å². The number of urea groups is 1. The maximum Gasteiger partial charge on any atom is 0.416 e. The standard InChI is InChI=1S/C31H44F3N5O4/c1-20(2)37-30(43)38-27-13-12-24(31(32,33)34)16-26(27)29(42)36-18-28(41)35-17-25(40)9-7-6-8-14-39(5)19-23-11-10-21(3)15-22(23)4/h10-13,15-16,20,25,40H,6-9,14,17-19H2,1-5H3,(H,35,41)(H,36,42)(H2,37,38,43). The number of amides is 4. The van der Waals surface area contributed by atoms with E-state index in [9.17, 15) is 32.7 Å². The number of halogens is 3. The Bertz CT molecular complexity index is 1240. The Morgan fingerprint density at radius 2 is 1.70 bits per heavy atom. The van der Waals surface area contributed by atoms with E-state index in [0.29, 0.717) is 12.5 Å². The number of unbranched alkanes of at least 4 members (excludes halogenated alkanes) is 2. The second-order valence-corrected chi connectivity index (χ2v) is 11.2. The van der Waals surface area contributed by atoms with E-state index in [4.69, 9.17) is 0 Å². The van der Waals surface area contributed by atoms with Crippen LogP contribution in [0.3, 0.4) is 0 Å². The van der Waals surface area contributed by atoms with Gasteiger partial charge in [0.05, 0.1) is 29.5 Å². The third-order valence-corrected chi connectivity index (χ3v) is 6.72. The monoisotopic (exact) mass is 607 g/mol. The van der Waals surface area contributed by atoms with E-state index in [-0.39, 0.29) is 18.3 Å². The zero-order valence-electron chi connectivity index (χ0n) is 25.5. The molecule has 5 N–H and O–H groups in total. The molecule has 12 heteroatoms. The van der Waals surface area contributed by atoms with Crippen LogP contribution in [0.25, 0.3) is 0 Å². The normalized spacial score (nSPS) is 12.3. The average molecular weight is 608 g/mol. The molecule has 1 atom stereocenters. The van der Waals surface area contributed by atoms with E-state index in [0.717, 1.165) is 44.5 Å². The number of carbonyl (C=O) groups is 3. The quantitative estimate of drug-likeness (QED) is 0.187. The highest BCUT2D eigenvalue weighted by Crippen LogP contribution is 2.32. The SMILES string of the molecule is Cc1ccc(CN(C)CCCCCC(O)CNC(=O)CNC(=O)c2cc(C(F)(F)F)ccc2NC(=O)NC(C)C)c(C)c1. The predicted molar refractivity (Wildman–Crippen MR) is 161 cm³/mol. The van der Waals surface area contributed by atoms with Crippen LogP contribution in [0.5, 0.6) is 0 Å². The van der Waals surface area contributed by atoms with E-state index in [2.05, 4.69) is 65.3 Å². The number of aliphatic hydroxyl groups is 1. The molecule has 0 bridgehead atoms. The van der Waals surface area contributed by atoms with Gasteiger partial charge in [0.25, 0.3) is 5.91 Å². The van der Waals surface area contributed by atoms with Gasteiger partial charge in [-0.15, -0.1) is 0 Å². The molecule has 2 aromatic rings. The molecule has 0 spiro atoms. The smallest absolute Gasteiger partial charge is 0.391 e. The van der Waals surface area contributed by atoms with E-state index in [1.54, 1.807) is 13.8 Å². The van der Waals surface area contributed by atoms with Crippen LogP contribution < -0.4 is 21.3 Å². The number of benzene rings is 2. The van der Waals surface area contributed by atoms with Crippen molar-refractivity contribution < 1.29 is 32.7 Å². The van der Waals surface area contributed by atoms with Gasteiger partial charge in [-0.25, -0.2) is 4.79 Å². The van der Waals surface area contributed by atoms with Gasteiger partial charge in [-0.05, 0) is 83.5 Å². The summed E-state index contributed by atoms with van der Waals surface area (Å²) in [5, 5.41) is 19.9. The minimum Gasteiger partial charge on any atom is -0.391 e. The number of hydrogen-bond acceptors (Lipinski definition) is 5. The molecule has 0 fully saturated rings. The van der Waals surface area contributed by atoms with Crippen LogP contribution in [-0.4, -0.2) is 66.7 Å². The number of carbonyl (C=O) groups excluding carboxylic acids is 3. The lowest BCUT2D eigenvalue weighted by atomic mass is 10.1. The number of aryl methyl sites for hydroxylation is 2. The summed E-state index contributed by atoms with van der Waals surface area (Å²) in [7, 11) is 2.08. The van der Waals surface area contributed by atoms with E-state index < -0.39 is 47.8 Å². The number of rotatable bonds is 15. The summed E-state index contributed by atoms with van der Waals surface area (Å²) in [4.78, 5) is 39.2. The molecule has 0 aliphatic heterocycles. The minimum absolute atomic E-state index is 0.0208. The van der Waals surface area contributed by atoms with Crippen LogP contribution in [0.15, 0.2) is 36.4 Å². The van der Waals surface area contributed by atoms with E-state index in [1.807, 2.05) is 0 Å². The number of nitrogens with one attached hydrogen (secondary N) is 4. The van der Waals surface area contributed by atoms with Gasteiger partial charge in [-0.3, -0.25) is 9.59 Å². The summed E-state index contributed by atoms with van der Waals surface area (Å²) >= 11 is 0. The summed E-state index contributed by atoms with van der Waals surface area (Å²) in [6.45, 7) is 8.84. The molecular weight excluding hydrogens is 563 g/mol. The Morgan fingerprint density at radius 1 is 0.977 bits per heavy atom. The molecule has 43 heavy (non-hydrogen) atoms. The first-order valence-electron chi connectivity index (χ1n) is 14.4. The van der Waals surface area contributed by atoms with Crippen LogP contribution >= 0.6 is 0 Å². The number of alkyl halides is 3. The van der Waals surface area contributed by atoms with E-state index in [1.165, 1.54) is 16.7 Å². The lowest BCUT2D eigenvalue weighted by Crippen LogP contribution is -2.40. The van der Waals surface area contributed by atoms with Crippen molar-refractivity contribution in [3.8, 4) is 0 Å². The molecule has 0 aliphatic rings. The molecule has 0 aliphatic carbocycles. The van der Waals surface area contributed by atoms with Gasteiger partial charge in [-0.1, -0.05) is 36.6 Å². The van der Waals surface area contributed by atoms with Crippen LogP contribution in [0.2, 0.25) is 0 Å². The van der Waals surface area contributed by atoms with Crippen molar-refractivity contribution in [3.63, 3.8) is 0 Å².